The van der Waals surface area contributed by atoms with Gasteiger partial charge in [0.2, 0.25) is 0 Å². The van der Waals surface area contributed by atoms with Crippen molar-refractivity contribution in [3.05, 3.63) is 12.3 Å². The van der Waals surface area contributed by atoms with Crippen LogP contribution in [0.4, 0.5) is 5.82 Å². The van der Waals surface area contributed by atoms with Gasteiger partial charge in [0, 0.05) is 6.07 Å². The summed E-state index contributed by atoms with van der Waals surface area (Å²) < 4.78 is 0. The minimum Gasteiger partial charge on any atom is -0.281 e. The van der Waals surface area contributed by atoms with Crippen LogP contribution in [0.2, 0.25) is 0 Å². The number of hydrogen-bond acceptors (Lipinski definition) is 3. The monoisotopic (exact) mass is 95.0 g/mol. The lowest BCUT2D eigenvalue weighted by atomic mass is 10.6. The summed E-state index contributed by atoms with van der Waals surface area (Å²) in [6, 6.07) is 1.47. The van der Waals surface area contributed by atoms with Crippen molar-refractivity contribution in [3.63, 3.8) is 0 Å². The number of aromatic nitrogens is 3. The molecule has 1 rings (SSSR count). The van der Waals surface area contributed by atoms with Crippen molar-refractivity contribution in [1.82, 2.24) is 21.1 Å². The van der Waals surface area contributed by atoms with E-state index in [0.717, 1.165) is 0 Å². The molecule has 4 heteroatoms. The van der Waals surface area contributed by atoms with Crippen molar-refractivity contribution in [1.29, 1.82) is 0 Å². The highest BCUT2D eigenvalue weighted by atomic mass is 15.3. The molecule has 0 unspecified atom stereocenters. The number of rotatable bonds is 0. The largest absolute Gasteiger partial charge is 0.281 e. The first kappa shape index (κ1) is 3.98. The van der Waals surface area contributed by atoms with Crippen LogP contribution in [0, 0.1) is 0 Å². The lowest BCUT2D eigenvalue weighted by Crippen LogP contribution is -1.83. The first-order valence-corrected chi connectivity index (χ1v) is 1.75. The molecule has 0 aliphatic rings. The third-order valence-corrected chi connectivity index (χ3v) is 0.503. The summed E-state index contributed by atoms with van der Waals surface area (Å²) in [4.78, 5) is 0. The topological polar surface area (TPSA) is 62.5 Å². The Morgan fingerprint density at radius 3 is 2.71 bits per heavy atom. The average Bonchev–Trinajstić information content (AvgIpc) is 1.69. The van der Waals surface area contributed by atoms with Gasteiger partial charge in [-0.25, -0.2) is 0 Å². The third kappa shape index (κ3) is 0.819. The van der Waals surface area contributed by atoms with Gasteiger partial charge in [-0.1, -0.05) is 0 Å². The zero-order valence-corrected chi connectivity index (χ0v) is 3.50. The number of nitrogens with one attached hydrogen (secondary N) is 1. The summed E-state index contributed by atoms with van der Waals surface area (Å²) in [6.07, 6.45) is 1.43. The molecular formula is C3H3N4. The van der Waals surface area contributed by atoms with E-state index in [9.17, 15) is 0 Å². The van der Waals surface area contributed by atoms with E-state index in [2.05, 4.69) is 15.4 Å². The molecule has 7 heavy (non-hydrogen) atoms. The van der Waals surface area contributed by atoms with Gasteiger partial charge < -0.3 is 0 Å². The van der Waals surface area contributed by atoms with Crippen LogP contribution < -0.4 is 5.73 Å². The molecule has 0 amide bonds. The van der Waals surface area contributed by atoms with Gasteiger partial charge in [0.25, 0.3) is 0 Å². The molecule has 0 aromatic carbocycles. The van der Waals surface area contributed by atoms with Gasteiger partial charge in [0.15, 0.2) is 5.82 Å². The molecule has 35 valence electrons. The predicted octanol–water partition coefficient (Wildman–Crippen LogP) is -0.214. The Kier molecular flexibility index (Phi) is 0.856. The molecule has 1 N–H and O–H groups in total. The van der Waals surface area contributed by atoms with Crippen LogP contribution in [0.25, 0.3) is 0 Å². The van der Waals surface area contributed by atoms with Crippen LogP contribution in [-0.2, 0) is 0 Å². The Labute approximate surface area is 40.4 Å². The second-order valence-electron chi connectivity index (χ2n) is 1.01. The van der Waals surface area contributed by atoms with Crippen LogP contribution in [0.3, 0.4) is 0 Å². The Bertz CT molecular complexity index is 137. The second-order valence-corrected chi connectivity index (χ2v) is 1.01. The average molecular weight is 95.1 g/mol. The Hall–Kier alpha value is -1.19. The summed E-state index contributed by atoms with van der Waals surface area (Å²) in [6.45, 7) is 0. The second kappa shape index (κ2) is 1.51. The summed E-state index contributed by atoms with van der Waals surface area (Å²) in [5.74, 6) is 0.148. The maximum absolute atomic E-state index is 6.78. The molecule has 1 heterocycles. The lowest BCUT2D eigenvalue weighted by Gasteiger charge is -1.78. The first-order chi connectivity index (χ1) is 3.39. The fraction of sp³-hybridized carbons (Fsp3) is 0. The van der Waals surface area contributed by atoms with Crippen LogP contribution in [0.5, 0.6) is 0 Å². The van der Waals surface area contributed by atoms with Gasteiger partial charge in [-0.3, -0.25) is 5.73 Å². The van der Waals surface area contributed by atoms with Crippen LogP contribution in [0.15, 0.2) is 12.3 Å². The molecule has 0 aliphatic heterocycles. The van der Waals surface area contributed by atoms with Gasteiger partial charge in [-0.2, -0.15) is 0 Å². The van der Waals surface area contributed by atoms with Crippen LogP contribution >= 0.6 is 0 Å². The molecule has 0 saturated heterocycles. The summed E-state index contributed by atoms with van der Waals surface area (Å²) in [5, 5.41) is 9.85. The van der Waals surface area contributed by atoms with E-state index in [1.807, 2.05) is 0 Å². The summed E-state index contributed by atoms with van der Waals surface area (Å²) in [5.41, 5.74) is 6.78. The molecule has 1 aromatic heterocycles. The minimum atomic E-state index is 0.148. The molecule has 0 fully saturated rings. The van der Waals surface area contributed by atoms with E-state index in [-0.39, 0.29) is 5.82 Å². The summed E-state index contributed by atoms with van der Waals surface area (Å²) in [7, 11) is 0. The fourth-order valence-corrected chi connectivity index (χ4v) is 0.241. The van der Waals surface area contributed by atoms with E-state index in [4.69, 9.17) is 5.73 Å². The van der Waals surface area contributed by atoms with E-state index < -0.39 is 0 Å². The maximum atomic E-state index is 6.78. The van der Waals surface area contributed by atoms with Gasteiger partial charge in [-0.15, -0.1) is 10.2 Å². The van der Waals surface area contributed by atoms with Crippen molar-refractivity contribution in [2.24, 2.45) is 0 Å². The molecule has 0 saturated carbocycles. The van der Waals surface area contributed by atoms with E-state index in [0.29, 0.717) is 0 Å². The lowest BCUT2D eigenvalue weighted by molar-refractivity contribution is 0.862. The number of nitrogens with zero attached hydrogens (tertiary/aromatic N) is 3. The highest BCUT2D eigenvalue weighted by molar-refractivity contribution is 5.15. The smallest absolute Gasteiger partial charge is 0.170 e. The Morgan fingerprint density at radius 1 is 1.57 bits per heavy atom. The SMILES string of the molecule is [NH]c1ccnnn1. The molecule has 0 aliphatic carbocycles. The van der Waals surface area contributed by atoms with Crippen molar-refractivity contribution < 1.29 is 0 Å². The molecule has 4 nitrogen and oxygen atoms in total. The highest BCUT2D eigenvalue weighted by Gasteiger charge is 1.78. The normalized spacial score (nSPS) is 8.57. The molecule has 1 aromatic rings. The molecule has 0 spiro atoms. The summed E-state index contributed by atoms with van der Waals surface area (Å²) >= 11 is 0. The van der Waals surface area contributed by atoms with E-state index in [1.54, 1.807) is 0 Å². The van der Waals surface area contributed by atoms with Gasteiger partial charge in [0.1, 0.15) is 0 Å². The standard InChI is InChI=1S/C3H3N4/c4-3-1-2-5-7-6-3/h1-2,4H. The van der Waals surface area contributed by atoms with Gasteiger partial charge >= 0.3 is 0 Å². The van der Waals surface area contributed by atoms with Crippen molar-refractivity contribution >= 4 is 5.82 Å². The van der Waals surface area contributed by atoms with Crippen molar-refractivity contribution in [3.8, 4) is 0 Å². The Morgan fingerprint density at radius 2 is 2.43 bits per heavy atom. The highest BCUT2D eigenvalue weighted by Crippen LogP contribution is 1.86. The zero-order valence-electron chi connectivity index (χ0n) is 3.50. The van der Waals surface area contributed by atoms with Crippen molar-refractivity contribution in [2.75, 3.05) is 0 Å². The molecule has 0 atom stereocenters. The van der Waals surface area contributed by atoms with E-state index in [1.165, 1.54) is 12.3 Å². The van der Waals surface area contributed by atoms with Crippen LogP contribution in [0.1, 0.15) is 0 Å². The van der Waals surface area contributed by atoms with Crippen molar-refractivity contribution in [2.45, 2.75) is 0 Å². The zero-order chi connectivity index (χ0) is 5.11. The molecular weight excluding hydrogens is 92.1 g/mol. The maximum Gasteiger partial charge on any atom is 0.170 e. The van der Waals surface area contributed by atoms with Crippen LogP contribution in [-0.4, -0.2) is 15.4 Å². The van der Waals surface area contributed by atoms with Gasteiger partial charge in [0.05, 0.1) is 6.20 Å². The minimum absolute atomic E-state index is 0.148. The quantitative estimate of drug-likeness (QED) is 0.447. The molecule has 1 radical (unpaired) electrons. The predicted molar refractivity (Wildman–Crippen MR) is 22.6 cm³/mol. The van der Waals surface area contributed by atoms with Gasteiger partial charge in [-0.05, 0) is 5.21 Å². The fourth-order valence-electron chi connectivity index (χ4n) is 0.241. The first-order valence-electron chi connectivity index (χ1n) is 1.75. The third-order valence-electron chi connectivity index (χ3n) is 0.503. The molecule has 0 bridgehead atoms. The Balaban J connectivity index is 3.02. The number of hydrogen-bond donors (Lipinski definition) is 0. The van der Waals surface area contributed by atoms with E-state index >= 15 is 0 Å².